The highest BCUT2D eigenvalue weighted by Crippen LogP contribution is 2.07. The van der Waals surface area contributed by atoms with Crippen molar-refractivity contribution in [1.82, 2.24) is 4.57 Å². The molecule has 0 saturated carbocycles. The average Bonchev–Trinajstić information content (AvgIpc) is 2.42. The Morgan fingerprint density at radius 1 is 1.16 bits per heavy atom. The second-order valence-electron chi connectivity index (χ2n) is 3.95. The van der Waals surface area contributed by atoms with Crippen LogP contribution >= 0.6 is 0 Å². The topological polar surface area (TPSA) is 65.1 Å². The van der Waals surface area contributed by atoms with Gasteiger partial charge in [-0.3, -0.25) is 14.9 Å². The summed E-state index contributed by atoms with van der Waals surface area (Å²) in [7, 11) is 0. The molecule has 0 amide bonds. The van der Waals surface area contributed by atoms with E-state index in [1.54, 1.807) is 6.08 Å². The number of benzene rings is 1. The van der Waals surface area contributed by atoms with Gasteiger partial charge in [0.2, 0.25) is 0 Å². The summed E-state index contributed by atoms with van der Waals surface area (Å²) in [5.41, 5.74) is 0.664. The third-order valence-corrected chi connectivity index (χ3v) is 2.59. The number of nitrogens with zero attached hydrogens (tertiary/aromatic N) is 2. The zero-order valence-corrected chi connectivity index (χ0v) is 10.1. The van der Waals surface area contributed by atoms with Crippen LogP contribution in [0.25, 0.3) is 6.08 Å². The highest BCUT2D eigenvalue weighted by atomic mass is 16.6. The normalized spacial score (nSPS) is 10.7. The number of pyridine rings is 1. The molecule has 1 aromatic carbocycles. The fraction of sp³-hybridized carbons (Fsp3) is 0.0714. The van der Waals surface area contributed by atoms with Gasteiger partial charge >= 0.3 is 0 Å². The maximum atomic E-state index is 11.5. The van der Waals surface area contributed by atoms with Crippen LogP contribution in [0, 0.1) is 10.1 Å². The van der Waals surface area contributed by atoms with Crippen molar-refractivity contribution in [2.75, 3.05) is 0 Å². The van der Waals surface area contributed by atoms with Crippen LogP contribution in [0.2, 0.25) is 0 Å². The lowest BCUT2D eigenvalue weighted by Crippen LogP contribution is -2.17. The second kappa shape index (κ2) is 5.77. The Morgan fingerprint density at radius 2 is 1.89 bits per heavy atom. The molecule has 0 unspecified atom stereocenters. The number of allylic oxidation sites excluding steroid dienone is 1. The number of hydrogen-bond acceptors (Lipinski definition) is 3. The van der Waals surface area contributed by atoms with Gasteiger partial charge < -0.3 is 4.57 Å². The fourth-order valence-corrected chi connectivity index (χ4v) is 1.64. The zero-order chi connectivity index (χ0) is 13.7. The molecule has 0 aliphatic heterocycles. The molecule has 0 aliphatic carbocycles. The fourth-order valence-electron chi connectivity index (χ4n) is 1.64. The summed E-state index contributed by atoms with van der Waals surface area (Å²) in [6, 6.07) is 12.0. The highest BCUT2D eigenvalue weighted by molar-refractivity contribution is 5.48. The van der Waals surface area contributed by atoms with Crippen LogP contribution in [0.4, 0.5) is 5.69 Å². The Kier molecular flexibility index (Phi) is 3.87. The first-order valence-corrected chi connectivity index (χ1v) is 5.73. The number of nitro groups is 1. The third-order valence-electron chi connectivity index (χ3n) is 2.59. The molecule has 0 fully saturated rings. The molecule has 2 aromatic rings. The smallest absolute Gasteiger partial charge is 0.285 e. The molecule has 1 heterocycles. The SMILES string of the molecule is O=c1ccc([N+](=O)[O-])cn1CC=Cc1ccccc1. The van der Waals surface area contributed by atoms with Crippen LogP contribution in [-0.2, 0) is 6.54 Å². The molecule has 0 aliphatic rings. The van der Waals surface area contributed by atoms with Gasteiger partial charge in [-0.15, -0.1) is 0 Å². The van der Waals surface area contributed by atoms with E-state index in [2.05, 4.69) is 0 Å². The molecule has 96 valence electrons. The van der Waals surface area contributed by atoms with Gasteiger partial charge in [-0.05, 0) is 5.56 Å². The maximum absolute atomic E-state index is 11.5. The maximum Gasteiger partial charge on any atom is 0.285 e. The van der Waals surface area contributed by atoms with Gasteiger partial charge in [-0.25, -0.2) is 0 Å². The van der Waals surface area contributed by atoms with Crippen molar-refractivity contribution in [2.24, 2.45) is 0 Å². The van der Waals surface area contributed by atoms with Crippen LogP contribution in [0.15, 0.2) is 59.5 Å². The lowest BCUT2D eigenvalue weighted by molar-refractivity contribution is -0.385. The van der Waals surface area contributed by atoms with Crippen molar-refractivity contribution in [2.45, 2.75) is 6.54 Å². The quantitative estimate of drug-likeness (QED) is 0.623. The summed E-state index contributed by atoms with van der Waals surface area (Å²) in [5, 5.41) is 10.6. The van der Waals surface area contributed by atoms with E-state index in [0.29, 0.717) is 6.54 Å². The molecular weight excluding hydrogens is 244 g/mol. The molecule has 0 N–H and O–H groups in total. The van der Waals surface area contributed by atoms with Crippen LogP contribution in [0.5, 0.6) is 0 Å². The molecule has 0 atom stereocenters. The predicted octanol–water partition coefficient (Wildman–Crippen LogP) is 2.47. The van der Waals surface area contributed by atoms with E-state index in [-0.39, 0.29) is 11.2 Å². The lowest BCUT2D eigenvalue weighted by Gasteiger charge is -2.00. The summed E-state index contributed by atoms with van der Waals surface area (Å²) in [6.45, 7) is 0.301. The minimum atomic E-state index is -0.517. The molecule has 0 saturated heterocycles. The monoisotopic (exact) mass is 256 g/mol. The van der Waals surface area contributed by atoms with E-state index in [1.165, 1.54) is 22.9 Å². The van der Waals surface area contributed by atoms with E-state index >= 15 is 0 Å². The van der Waals surface area contributed by atoms with Crippen molar-refractivity contribution >= 4 is 11.8 Å². The Balaban J connectivity index is 2.15. The molecule has 5 heteroatoms. The van der Waals surface area contributed by atoms with Crippen molar-refractivity contribution in [1.29, 1.82) is 0 Å². The van der Waals surface area contributed by atoms with Crippen LogP contribution in [0.3, 0.4) is 0 Å². The van der Waals surface area contributed by atoms with Crippen LogP contribution in [0.1, 0.15) is 5.56 Å². The molecule has 0 radical (unpaired) electrons. The van der Waals surface area contributed by atoms with Crippen LogP contribution in [-0.4, -0.2) is 9.49 Å². The summed E-state index contributed by atoms with van der Waals surface area (Å²) in [5.74, 6) is 0. The van der Waals surface area contributed by atoms with Gasteiger partial charge in [0.05, 0.1) is 11.1 Å². The standard InChI is InChI=1S/C14H12N2O3/c17-14-9-8-13(16(18)19)11-15(14)10-4-7-12-5-2-1-3-6-12/h1-9,11H,10H2. The molecule has 2 rings (SSSR count). The first-order chi connectivity index (χ1) is 9.16. The summed E-state index contributed by atoms with van der Waals surface area (Å²) in [4.78, 5) is 21.7. The van der Waals surface area contributed by atoms with Crippen LogP contribution < -0.4 is 5.56 Å². The zero-order valence-electron chi connectivity index (χ0n) is 10.1. The van der Waals surface area contributed by atoms with E-state index in [0.717, 1.165) is 5.56 Å². The second-order valence-corrected chi connectivity index (χ2v) is 3.95. The first kappa shape index (κ1) is 12.8. The first-order valence-electron chi connectivity index (χ1n) is 5.73. The van der Waals surface area contributed by atoms with Crippen molar-refractivity contribution in [3.8, 4) is 0 Å². The molecule has 19 heavy (non-hydrogen) atoms. The predicted molar refractivity (Wildman–Crippen MR) is 72.8 cm³/mol. The van der Waals surface area contributed by atoms with Crippen molar-refractivity contribution < 1.29 is 4.92 Å². The Bertz CT molecular complexity index is 660. The molecule has 0 bridgehead atoms. The van der Waals surface area contributed by atoms with Gasteiger partial charge in [0, 0.05) is 18.7 Å². The van der Waals surface area contributed by atoms with Gasteiger partial charge in [-0.1, -0.05) is 42.5 Å². The van der Waals surface area contributed by atoms with E-state index in [9.17, 15) is 14.9 Å². The van der Waals surface area contributed by atoms with Gasteiger partial charge in [0.1, 0.15) is 0 Å². The average molecular weight is 256 g/mol. The van der Waals surface area contributed by atoms with Crippen molar-refractivity contribution in [3.63, 3.8) is 0 Å². The van der Waals surface area contributed by atoms with Gasteiger partial charge in [0.15, 0.2) is 0 Å². The minimum Gasteiger partial charge on any atom is -0.305 e. The number of aromatic nitrogens is 1. The minimum absolute atomic E-state index is 0.0901. The van der Waals surface area contributed by atoms with E-state index in [4.69, 9.17) is 0 Å². The lowest BCUT2D eigenvalue weighted by atomic mass is 10.2. The molecule has 0 spiro atoms. The summed E-state index contributed by atoms with van der Waals surface area (Å²) < 4.78 is 1.30. The van der Waals surface area contributed by atoms with E-state index < -0.39 is 4.92 Å². The summed E-state index contributed by atoms with van der Waals surface area (Å²) in [6.07, 6.45) is 4.91. The molecular formula is C14H12N2O3. The Morgan fingerprint density at radius 3 is 2.58 bits per heavy atom. The van der Waals surface area contributed by atoms with Crippen molar-refractivity contribution in [3.05, 3.63) is 80.8 Å². The van der Waals surface area contributed by atoms with Gasteiger partial charge in [-0.2, -0.15) is 0 Å². The highest BCUT2D eigenvalue weighted by Gasteiger charge is 2.06. The third kappa shape index (κ3) is 3.38. The molecule has 1 aromatic heterocycles. The Labute approximate surface area is 109 Å². The Hall–Kier alpha value is -2.69. The van der Waals surface area contributed by atoms with E-state index in [1.807, 2.05) is 36.4 Å². The number of hydrogen-bond donors (Lipinski definition) is 0. The molecule has 5 nitrogen and oxygen atoms in total. The number of rotatable bonds is 4. The van der Waals surface area contributed by atoms with Gasteiger partial charge in [0.25, 0.3) is 11.2 Å². The largest absolute Gasteiger partial charge is 0.305 e. The summed E-state index contributed by atoms with van der Waals surface area (Å²) >= 11 is 0.